The zero-order valence-electron chi connectivity index (χ0n) is 18.9. The van der Waals surface area contributed by atoms with E-state index >= 15 is 0 Å². The summed E-state index contributed by atoms with van der Waals surface area (Å²) in [7, 11) is 0. The van der Waals surface area contributed by atoms with Gasteiger partial charge in [0, 0.05) is 48.3 Å². The van der Waals surface area contributed by atoms with E-state index in [-0.39, 0.29) is 35.9 Å². The lowest BCUT2D eigenvalue weighted by Gasteiger charge is -2.33. The molecule has 0 bridgehead atoms. The maximum absolute atomic E-state index is 5.55. The van der Waals surface area contributed by atoms with Crippen LogP contribution in [0, 0.1) is 6.92 Å². The number of aromatic nitrogens is 2. The largest absolute Gasteiger partial charge is 0.379 e. The zero-order chi connectivity index (χ0) is 21.3. The van der Waals surface area contributed by atoms with Gasteiger partial charge in [-0.05, 0) is 26.0 Å². The van der Waals surface area contributed by atoms with Gasteiger partial charge >= 0.3 is 0 Å². The standard InChI is InChI=1S/C21H34N6O2S.HI/c1-5-22-21(23-9-8-19-25-20(15(2)3)26-29-19)24-14-17(18-7-6-16(4)30-18)27-10-12-28-13-11-27;/h6-7,15,17H,5,8-14H2,1-4H3,(H2,22,23,24);1H. The molecule has 1 aliphatic heterocycles. The normalized spacial score (nSPS) is 16.2. The summed E-state index contributed by atoms with van der Waals surface area (Å²) in [4.78, 5) is 14.5. The van der Waals surface area contributed by atoms with Crippen molar-refractivity contribution in [1.82, 2.24) is 25.7 Å². The highest BCUT2D eigenvalue weighted by Gasteiger charge is 2.23. The lowest BCUT2D eigenvalue weighted by atomic mass is 10.2. The number of ether oxygens (including phenoxy) is 1. The summed E-state index contributed by atoms with van der Waals surface area (Å²) in [6, 6.07) is 4.70. The minimum Gasteiger partial charge on any atom is -0.379 e. The highest BCUT2D eigenvalue weighted by atomic mass is 127. The minimum atomic E-state index is 0. The van der Waals surface area contributed by atoms with Crippen LogP contribution in [0.2, 0.25) is 0 Å². The Morgan fingerprint density at radius 1 is 1.26 bits per heavy atom. The van der Waals surface area contributed by atoms with Gasteiger partial charge in [0.2, 0.25) is 5.89 Å². The van der Waals surface area contributed by atoms with Crippen LogP contribution in [-0.4, -0.2) is 66.9 Å². The summed E-state index contributed by atoms with van der Waals surface area (Å²) in [5.41, 5.74) is 0. The SMILES string of the molecule is CCNC(=NCC(c1ccc(C)s1)N1CCOCC1)NCCc1nc(C(C)C)no1.I. The summed E-state index contributed by atoms with van der Waals surface area (Å²) in [5, 5.41) is 10.8. The molecule has 3 heterocycles. The maximum atomic E-state index is 5.55. The molecule has 2 aromatic heterocycles. The Kier molecular flexibility index (Phi) is 11.2. The van der Waals surface area contributed by atoms with Crippen molar-refractivity contribution in [3.05, 3.63) is 33.6 Å². The molecule has 0 spiro atoms. The molecule has 0 aromatic carbocycles. The molecule has 8 nitrogen and oxygen atoms in total. The van der Waals surface area contributed by atoms with Gasteiger partial charge in [-0.3, -0.25) is 9.89 Å². The predicted octanol–water partition coefficient (Wildman–Crippen LogP) is 3.35. The van der Waals surface area contributed by atoms with Crippen molar-refractivity contribution in [2.75, 3.05) is 45.9 Å². The van der Waals surface area contributed by atoms with Crippen LogP contribution in [0.25, 0.3) is 0 Å². The smallest absolute Gasteiger partial charge is 0.228 e. The number of hydrogen-bond donors (Lipinski definition) is 2. The number of aryl methyl sites for hydroxylation is 1. The van der Waals surface area contributed by atoms with E-state index in [1.54, 1.807) is 0 Å². The van der Waals surface area contributed by atoms with E-state index in [1.165, 1.54) is 9.75 Å². The molecular formula is C21H35IN6O2S. The van der Waals surface area contributed by atoms with E-state index in [4.69, 9.17) is 14.3 Å². The number of halogens is 1. The van der Waals surface area contributed by atoms with Crippen molar-refractivity contribution in [3.63, 3.8) is 0 Å². The fourth-order valence-electron chi connectivity index (χ4n) is 3.32. The summed E-state index contributed by atoms with van der Waals surface area (Å²) in [5.74, 6) is 2.49. The molecule has 0 aliphatic carbocycles. The molecule has 10 heteroatoms. The highest BCUT2D eigenvalue weighted by Crippen LogP contribution is 2.28. The fraction of sp³-hybridized carbons (Fsp3) is 0.667. The number of nitrogens with zero attached hydrogens (tertiary/aromatic N) is 4. The monoisotopic (exact) mass is 562 g/mol. The molecule has 3 rings (SSSR count). The number of hydrogen-bond acceptors (Lipinski definition) is 7. The van der Waals surface area contributed by atoms with Crippen LogP contribution in [-0.2, 0) is 11.2 Å². The van der Waals surface area contributed by atoms with Crippen molar-refractivity contribution in [1.29, 1.82) is 0 Å². The van der Waals surface area contributed by atoms with Gasteiger partial charge in [0.15, 0.2) is 11.8 Å². The van der Waals surface area contributed by atoms with E-state index in [0.29, 0.717) is 25.4 Å². The van der Waals surface area contributed by atoms with Gasteiger partial charge in [-0.25, -0.2) is 0 Å². The topological polar surface area (TPSA) is 87.8 Å². The van der Waals surface area contributed by atoms with E-state index in [2.05, 4.69) is 65.5 Å². The number of rotatable bonds is 9. The molecular weight excluding hydrogens is 527 g/mol. The third kappa shape index (κ3) is 7.99. The highest BCUT2D eigenvalue weighted by molar-refractivity contribution is 14.0. The Bertz CT molecular complexity index is 803. The van der Waals surface area contributed by atoms with Crippen LogP contribution in [0.15, 0.2) is 21.6 Å². The Balaban J connectivity index is 0.00000341. The molecule has 0 saturated carbocycles. The summed E-state index contributed by atoms with van der Waals surface area (Å²) < 4.78 is 10.9. The Morgan fingerprint density at radius 3 is 2.65 bits per heavy atom. The number of aliphatic imine (C=N–C) groups is 1. The summed E-state index contributed by atoms with van der Waals surface area (Å²) in [6.45, 7) is 14.0. The molecule has 1 aliphatic rings. The first-order chi connectivity index (χ1) is 14.6. The fourth-order valence-corrected chi connectivity index (χ4v) is 4.32. The van der Waals surface area contributed by atoms with Gasteiger partial charge in [-0.15, -0.1) is 35.3 Å². The van der Waals surface area contributed by atoms with Crippen LogP contribution in [0.3, 0.4) is 0 Å². The molecule has 2 aromatic rings. The van der Waals surface area contributed by atoms with Gasteiger partial charge in [-0.2, -0.15) is 4.98 Å². The third-order valence-electron chi connectivity index (χ3n) is 4.97. The van der Waals surface area contributed by atoms with Gasteiger partial charge in [0.1, 0.15) is 0 Å². The maximum Gasteiger partial charge on any atom is 0.228 e. The van der Waals surface area contributed by atoms with Gasteiger partial charge in [0.25, 0.3) is 0 Å². The molecule has 1 saturated heterocycles. The van der Waals surface area contributed by atoms with Crippen LogP contribution in [0.1, 0.15) is 54.2 Å². The first kappa shape index (κ1) is 26.0. The number of morpholine rings is 1. The summed E-state index contributed by atoms with van der Waals surface area (Å²) in [6.07, 6.45) is 0.668. The Labute approximate surface area is 206 Å². The van der Waals surface area contributed by atoms with Crippen LogP contribution in [0.4, 0.5) is 0 Å². The number of guanidine groups is 1. The molecule has 31 heavy (non-hydrogen) atoms. The number of nitrogens with one attached hydrogen (secondary N) is 2. The van der Waals surface area contributed by atoms with Crippen LogP contribution >= 0.6 is 35.3 Å². The number of thiophene rings is 1. The van der Waals surface area contributed by atoms with Gasteiger partial charge in [-0.1, -0.05) is 19.0 Å². The quantitative estimate of drug-likeness (QED) is 0.276. The second-order valence-electron chi connectivity index (χ2n) is 7.71. The lowest BCUT2D eigenvalue weighted by molar-refractivity contribution is 0.0186. The van der Waals surface area contributed by atoms with E-state index < -0.39 is 0 Å². The molecule has 0 amide bonds. The van der Waals surface area contributed by atoms with E-state index in [1.807, 2.05) is 11.3 Å². The molecule has 1 unspecified atom stereocenters. The molecule has 0 radical (unpaired) electrons. The zero-order valence-corrected chi connectivity index (χ0v) is 22.0. The van der Waals surface area contributed by atoms with Crippen molar-refractivity contribution in [3.8, 4) is 0 Å². The van der Waals surface area contributed by atoms with Crippen molar-refractivity contribution >= 4 is 41.3 Å². The molecule has 2 N–H and O–H groups in total. The Morgan fingerprint density at radius 2 is 2.03 bits per heavy atom. The first-order valence-electron chi connectivity index (χ1n) is 10.8. The third-order valence-corrected chi connectivity index (χ3v) is 6.08. The molecule has 1 fully saturated rings. The van der Waals surface area contributed by atoms with Gasteiger partial charge in [0.05, 0.1) is 25.8 Å². The first-order valence-corrected chi connectivity index (χ1v) is 11.6. The average Bonchev–Trinajstić information content (AvgIpc) is 3.38. The molecule has 1 atom stereocenters. The Hall–Kier alpha value is -1.24. The van der Waals surface area contributed by atoms with Crippen LogP contribution < -0.4 is 10.6 Å². The van der Waals surface area contributed by atoms with E-state index in [9.17, 15) is 0 Å². The van der Waals surface area contributed by atoms with E-state index in [0.717, 1.165) is 44.6 Å². The lowest BCUT2D eigenvalue weighted by Crippen LogP contribution is -2.42. The van der Waals surface area contributed by atoms with Crippen molar-refractivity contribution in [2.24, 2.45) is 4.99 Å². The second-order valence-corrected chi connectivity index (χ2v) is 9.03. The van der Waals surface area contributed by atoms with Crippen molar-refractivity contribution < 1.29 is 9.26 Å². The minimum absolute atomic E-state index is 0. The van der Waals surface area contributed by atoms with Crippen LogP contribution in [0.5, 0.6) is 0 Å². The second kappa shape index (κ2) is 13.3. The van der Waals surface area contributed by atoms with Crippen molar-refractivity contribution in [2.45, 2.75) is 46.1 Å². The predicted molar refractivity (Wildman–Crippen MR) is 136 cm³/mol. The summed E-state index contributed by atoms with van der Waals surface area (Å²) >= 11 is 1.85. The molecule has 174 valence electrons. The average molecular weight is 563 g/mol. The van der Waals surface area contributed by atoms with Gasteiger partial charge < -0.3 is 19.9 Å².